The number of nitrogens with one attached hydrogen (secondary N) is 1. The summed E-state index contributed by atoms with van der Waals surface area (Å²) in [7, 11) is 2.03. The normalized spacial score (nSPS) is 11.8. The van der Waals surface area contributed by atoms with Crippen molar-refractivity contribution in [1.29, 1.82) is 0 Å². The molecule has 0 bridgehead atoms. The third-order valence-corrected chi connectivity index (χ3v) is 4.23. The summed E-state index contributed by atoms with van der Waals surface area (Å²) in [5.74, 6) is 1.58. The predicted molar refractivity (Wildman–Crippen MR) is 104 cm³/mol. The summed E-state index contributed by atoms with van der Waals surface area (Å²) >= 11 is 0. The third-order valence-electron chi connectivity index (χ3n) is 4.23. The van der Waals surface area contributed by atoms with Gasteiger partial charge in [0.05, 0.1) is 0 Å². The highest BCUT2D eigenvalue weighted by Gasteiger charge is 2.09. The summed E-state index contributed by atoms with van der Waals surface area (Å²) in [6.45, 7) is 3.01. The van der Waals surface area contributed by atoms with E-state index >= 15 is 0 Å². The van der Waals surface area contributed by atoms with E-state index in [0.29, 0.717) is 0 Å². The van der Waals surface area contributed by atoms with Gasteiger partial charge in [0.15, 0.2) is 0 Å². The van der Waals surface area contributed by atoms with Crippen molar-refractivity contribution in [3.05, 3.63) is 84.1 Å². The molecule has 1 N–H and O–H groups in total. The van der Waals surface area contributed by atoms with Gasteiger partial charge in [0.25, 0.3) is 0 Å². The van der Waals surface area contributed by atoms with Crippen molar-refractivity contribution in [1.82, 2.24) is 9.97 Å². The molecule has 0 aliphatic carbocycles. The molecule has 1 aromatic heterocycles. The van der Waals surface area contributed by atoms with Crippen molar-refractivity contribution in [3.8, 4) is 0 Å². The van der Waals surface area contributed by atoms with Crippen LogP contribution in [0.2, 0.25) is 0 Å². The van der Waals surface area contributed by atoms with Crippen molar-refractivity contribution in [2.24, 2.45) is 0 Å². The molecule has 0 saturated carbocycles. The van der Waals surface area contributed by atoms with Crippen LogP contribution in [-0.4, -0.2) is 23.6 Å². The van der Waals surface area contributed by atoms with Crippen molar-refractivity contribution >= 4 is 11.8 Å². The molecule has 25 heavy (non-hydrogen) atoms. The minimum atomic E-state index is 0.193. The Labute approximate surface area is 149 Å². The highest BCUT2D eigenvalue weighted by atomic mass is 15.2. The second kappa shape index (κ2) is 8.29. The maximum absolute atomic E-state index is 4.65. The third kappa shape index (κ3) is 4.80. The zero-order valence-corrected chi connectivity index (χ0v) is 14.8. The summed E-state index contributed by atoms with van der Waals surface area (Å²) in [6.07, 6.45) is 2.78. The lowest BCUT2D eigenvalue weighted by molar-refractivity contribution is 0.828. The van der Waals surface area contributed by atoms with Gasteiger partial charge in [-0.3, -0.25) is 0 Å². The van der Waals surface area contributed by atoms with Crippen molar-refractivity contribution in [2.75, 3.05) is 23.8 Å². The van der Waals surface area contributed by atoms with E-state index in [9.17, 15) is 0 Å². The van der Waals surface area contributed by atoms with Crippen LogP contribution in [0.15, 0.2) is 72.9 Å². The molecule has 0 fully saturated rings. The van der Waals surface area contributed by atoms with E-state index in [-0.39, 0.29) is 6.04 Å². The summed E-state index contributed by atoms with van der Waals surface area (Å²) in [4.78, 5) is 11.1. The highest BCUT2D eigenvalue weighted by molar-refractivity contribution is 5.43. The van der Waals surface area contributed by atoms with Gasteiger partial charge < -0.3 is 10.2 Å². The molecular weight excluding hydrogens is 308 g/mol. The molecule has 0 spiro atoms. The van der Waals surface area contributed by atoms with Crippen molar-refractivity contribution < 1.29 is 0 Å². The van der Waals surface area contributed by atoms with E-state index in [1.54, 1.807) is 6.20 Å². The Balaban J connectivity index is 1.62. The molecule has 0 aliphatic rings. The molecule has 3 aromatic rings. The van der Waals surface area contributed by atoms with Crippen molar-refractivity contribution in [3.63, 3.8) is 0 Å². The van der Waals surface area contributed by atoms with Gasteiger partial charge in [0.1, 0.15) is 5.82 Å². The van der Waals surface area contributed by atoms with Gasteiger partial charge in [-0.25, -0.2) is 4.98 Å². The van der Waals surface area contributed by atoms with E-state index in [4.69, 9.17) is 0 Å². The fraction of sp³-hybridized carbons (Fsp3) is 0.238. The van der Waals surface area contributed by atoms with Gasteiger partial charge in [0, 0.05) is 25.8 Å². The average Bonchev–Trinajstić information content (AvgIpc) is 2.68. The van der Waals surface area contributed by atoms with Crippen LogP contribution in [0, 0.1) is 0 Å². The minimum Gasteiger partial charge on any atom is -0.363 e. The Morgan fingerprint density at radius 3 is 2.36 bits per heavy atom. The molecule has 4 nitrogen and oxygen atoms in total. The van der Waals surface area contributed by atoms with Gasteiger partial charge in [0.2, 0.25) is 5.95 Å². The summed E-state index contributed by atoms with van der Waals surface area (Å²) < 4.78 is 0. The molecule has 0 radical (unpaired) electrons. The molecule has 1 heterocycles. The topological polar surface area (TPSA) is 41.1 Å². The molecule has 0 aliphatic heterocycles. The molecule has 0 saturated heterocycles. The van der Waals surface area contributed by atoms with Gasteiger partial charge in [-0.2, -0.15) is 4.98 Å². The number of anilines is 2. The van der Waals surface area contributed by atoms with Gasteiger partial charge >= 0.3 is 0 Å². The number of benzene rings is 2. The first-order chi connectivity index (χ1) is 12.2. The molecule has 128 valence electrons. The Morgan fingerprint density at radius 2 is 1.64 bits per heavy atom. The lowest BCUT2D eigenvalue weighted by Gasteiger charge is -2.19. The molecule has 4 heteroatoms. The zero-order valence-electron chi connectivity index (χ0n) is 14.8. The molecule has 2 aromatic carbocycles. The maximum atomic E-state index is 4.65. The number of aromatic nitrogens is 2. The van der Waals surface area contributed by atoms with E-state index in [0.717, 1.165) is 24.7 Å². The molecule has 0 amide bonds. The molecule has 1 atom stereocenters. The average molecular weight is 332 g/mol. The first-order valence-corrected chi connectivity index (χ1v) is 8.62. The number of likely N-dealkylation sites (N-methyl/N-ethyl adjacent to an activating group) is 1. The number of hydrogen-bond acceptors (Lipinski definition) is 4. The van der Waals surface area contributed by atoms with Crippen LogP contribution in [0.5, 0.6) is 0 Å². The summed E-state index contributed by atoms with van der Waals surface area (Å²) in [5, 5.41) is 3.45. The van der Waals surface area contributed by atoms with Crippen LogP contribution in [0.3, 0.4) is 0 Å². The summed E-state index contributed by atoms with van der Waals surface area (Å²) in [5.41, 5.74) is 2.56. The van der Waals surface area contributed by atoms with Gasteiger partial charge in [-0.15, -0.1) is 0 Å². The Bertz CT molecular complexity index is 774. The SMILES string of the molecule is CC(Nc1ccnc(N(C)CCc2ccccc2)n1)c1ccccc1. The predicted octanol–water partition coefficient (Wildman–Crippen LogP) is 4.33. The molecule has 3 rings (SSSR count). The number of rotatable bonds is 7. The molecule has 1 unspecified atom stereocenters. The van der Waals surface area contributed by atoms with Gasteiger partial charge in [-0.05, 0) is 30.5 Å². The fourth-order valence-electron chi connectivity index (χ4n) is 2.70. The quantitative estimate of drug-likeness (QED) is 0.699. The van der Waals surface area contributed by atoms with E-state index in [2.05, 4.69) is 75.6 Å². The monoisotopic (exact) mass is 332 g/mol. The van der Waals surface area contributed by atoms with Gasteiger partial charge in [-0.1, -0.05) is 60.7 Å². The number of nitrogens with zero attached hydrogens (tertiary/aromatic N) is 3. The number of hydrogen-bond donors (Lipinski definition) is 1. The standard InChI is InChI=1S/C21H24N4/c1-17(19-11-7-4-8-12-19)23-20-13-15-22-21(24-20)25(2)16-14-18-9-5-3-6-10-18/h3-13,15,17H,14,16H2,1-2H3,(H,22,23,24). The van der Waals surface area contributed by atoms with Crippen LogP contribution >= 0.6 is 0 Å². The van der Waals surface area contributed by atoms with Crippen LogP contribution in [0.25, 0.3) is 0 Å². The largest absolute Gasteiger partial charge is 0.363 e. The van der Waals surface area contributed by atoms with Crippen LogP contribution in [0.1, 0.15) is 24.1 Å². The van der Waals surface area contributed by atoms with Crippen LogP contribution < -0.4 is 10.2 Å². The lowest BCUT2D eigenvalue weighted by Crippen LogP contribution is -2.23. The van der Waals surface area contributed by atoms with E-state index in [1.807, 2.05) is 25.2 Å². The fourth-order valence-corrected chi connectivity index (χ4v) is 2.70. The Hall–Kier alpha value is -2.88. The Kier molecular flexibility index (Phi) is 5.62. The van der Waals surface area contributed by atoms with Crippen molar-refractivity contribution in [2.45, 2.75) is 19.4 Å². The second-order valence-electron chi connectivity index (χ2n) is 6.18. The van der Waals surface area contributed by atoms with Crippen LogP contribution in [-0.2, 0) is 6.42 Å². The highest BCUT2D eigenvalue weighted by Crippen LogP contribution is 2.18. The second-order valence-corrected chi connectivity index (χ2v) is 6.18. The Morgan fingerprint density at radius 1 is 0.960 bits per heavy atom. The molecular formula is C21H24N4. The summed E-state index contributed by atoms with van der Waals surface area (Å²) in [6, 6.07) is 22.9. The first kappa shape index (κ1) is 17.0. The van der Waals surface area contributed by atoms with E-state index < -0.39 is 0 Å². The zero-order chi connectivity index (χ0) is 17.5. The smallest absolute Gasteiger partial charge is 0.226 e. The minimum absolute atomic E-state index is 0.193. The van der Waals surface area contributed by atoms with Crippen LogP contribution in [0.4, 0.5) is 11.8 Å². The lowest BCUT2D eigenvalue weighted by atomic mass is 10.1. The maximum Gasteiger partial charge on any atom is 0.226 e. The van der Waals surface area contributed by atoms with E-state index in [1.165, 1.54) is 11.1 Å². The first-order valence-electron chi connectivity index (χ1n) is 8.62.